The molecule has 1 unspecified atom stereocenters. The Morgan fingerprint density at radius 2 is 1.81 bits per heavy atom. The molecule has 7 nitrogen and oxygen atoms in total. The molecule has 1 N–H and O–H groups in total. The Kier molecular flexibility index (Phi) is 6.93. The summed E-state index contributed by atoms with van der Waals surface area (Å²) in [4.78, 5) is 23.1. The lowest BCUT2D eigenvalue weighted by atomic mass is 9.96. The van der Waals surface area contributed by atoms with Crippen LogP contribution in [0.25, 0.3) is 0 Å². The van der Waals surface area contributed by atoms with Crippen LogP contribution in [0.5, 0.6) is 5.75 Å². The first-order chi connectivity index (χ1) is 17.9. The quantitative estimate of drug-likeness (QED) is 0.467. The van der Waals surface area contributed by atoms with E-state index >= 15 is 4.39 Å². The van der Waals surface area contributed by atoms with Crippen LogP contribution in [0.2, 0.25) is 5.02 Å². The number of para-hydroxylation sites is 1. The first kappa shape index (κ1) is 24.9. The summed E-state index contributed by atoms with van der Waals surface area (Å²) >= 11 is 6.20. The van der Waals surface area contributed by atoms with E-state index in [9.17, 15) is 9.90 Å². The number of halogens is 2. The van der Waals surface area contributed by atoms with Gasteiger partial charge in [-0.3, -0.25) is 4.79 Å². The molecule has 192 valence electrons. The predicted octanol–water partition coefficient (Wildman–Crippen LogP) is 5.64. The number of aliphatic imine (C=N–C) groups is 1. The third-order valence-electron chi connectivity index (χ3n) is 6.81. The molecule has 2 aliphatic rings. The molecular formula is C28H28ClFN4O3. The zero-order valence-electron chi connectivity index (χ0n) is 20.7. The predicted molar refractivity (Wildman–Crippen MR) is 144 cm³/mol. The number of hydrogen-bond donors (Lipinski definition) is 1. The average Bonchev–Trinajstić information content (AvgIpc) is 2.89. The van der Waals surface area contributed by atoms with E-state index in [0.717, 1.165) is 11.3 Å². The van der Waals surface area contributed by atoms with E-state index in [1.165, 1.54) is 6.07 Å². The maximum atomic E-state index is 15.0. The molecule has 0 aliphatic carbocycles. The Bertz CT molecular complexity index is 1360. The molecule has 0 radical (unpaired) electrons. The number of hydrogen-bond acceptors (Lipinski definition) is 6. The molecule has 0 saturated carbocycles. The van der Waals surface area contributed by atoms with Crippen molar-refractivity contribution in [3.63, 3.8) is 0 Å². The van der Waals surface area contributed by atoms with Crippen molar-refractivity contribution < 1.29 is 19.0 Å². The molecule has 0 aromatic heterocycles. The van der Waals surface area contributed by atoms with E-state index in [-0.39, 0.29) is 12.1 Å². The van der Waals surface area contributed by atoms with Gasteiger partial charge in [-0.25, -0.2) is 9.38 Å². The molecule has 1 saturated heterocycles. The van der Waals surface area contributed by atoms with Crippen molar-refractivity contribution in [3.05, 3.63) is 82.6 Å². The zero-order chi connectivity index (χ0) is 26.1. The number of aliphatic carboxylic acids is 1. The topological polar surface area (TPSA) is 68.6 Å². The molecule has 3 aromatic rings. The molecule has 3 aromatic carbocycles. The van der Waals surface area contributed by atoms with E-state index in [0.29, 0.717) is 54.2 Å². The number of rotatable bonds is 5. The molecule has 0 spiro atoms. The van der Waals surface area contributed by atoms with Crippen molar-refractivity contribution in [3.8, 4) is 5.75 Å². The second-order valence-corrected chi connectivity index (χ2v) is 9.64. The van der Waals surface area contributed by atoms with Gasteiger partial charge in [-0.15, -0.1) is 0 Å². The second kappa shape index (κ2) is 10.3. The summed E-state index contributed by atoms with van der Waals surface area (Å²) in [5, 5.41) is 10.5. The molecule has 9 heteroatoms. The molecule has 1 fully saturated rings. The Balaban J connectivity index is 1.58. The standard InChI is InChI=1S/C28H28ClFN4O3/c1-18-9-10-25(37-2)24(15-18)34-23(17-26(35)36)21-7-4-8-22(30)27(21)31-28(34)33-13-11-32(12-14-33)20-6-3-5-19(29)16-20/h3-10,15-16,23H,11-14,17H2,1-2H3,(H,35,36). The SMILES string of the molecule is COc1ccc(C)cc1N1C(N2CCN(c3cccc(Cl)c3)CC2)=Nc2c(F)cccc2C1CC(=O)O. The van der Waals surface area contributed by atoms with Crippen molar-refractivity contribution in [1.82, 2.24) is 4.90 Å². The van der Waals surface area contributed by atoms with Gasteiger partial charge in [-0.05, 0) is 48.9 Å². The molecule has 2 aliphatic heterocycles. The van der Waals surface area contributed by atoms with Crippen molar-refractivity contribution in [1.29, 1.82) is 0 Å². The number of benzene rings is 3. The first-order valence-corrected chi connectivity index (χ1v) is 12.5. The van der Waals surface area contributed by atoms with Crippen LogP contribution in [0.1, 0.15) is 23.6 Å². The average molecular weight is 523 g/mol. The maximum absolute atomic E-state index is 15.0. The number of anilines is 2. The number of methoxy groups -OCH3 is 1. The number of fused-ring (bicyclic) bond motifs is 1. The molecule has 1 atom stereocenters. The number of aryl methyl sites for hydroxylation is 1. The highest BCUT2D eigenvalue weighted by atomic mass is 35.5. The number of carboxylic acids is 1. The highest BCUT2D eigenvalue weighted by Gasteiger charge is 2.38. The fourth-order valence-electron chi connectivity index (χ4n) is 5.04. The Hall–Kier alpha value is -3.78. The van der Waals surface area contributed by atoms with E-state index in [2.05, 4.69) is 9.80 Å². The summed E-state index contributed by atoms with van der Waals surface area (Å²) in [6.45, 7) is 4.59. The third kappa shape index (κ3) is 4.93. The van der Waals surface area contributed by atoms with Crippen molar-refractivity contribution in [2.75, 3.05) is 43.1 Å². The lowest BCUT2D eigenvalue weighted by molar-refractivity contribution is -0.137. The summed E-state index contributed by atoms with van der Waals surface area (Å²) in [6, 6.07) is 17.5. The minimum Gasteiger partial charge on any atom is -0.495 e. The summed E-state index contributed by atoms with van der Waals surface area (Å²) in [7, 11) is 1.58. The van der Waals surface area contributed by atoms with Gasteiger partial charge in [0.1, 0.15) is 17.3 Å². The molecule has 2 heterocycles. The van der Waals surface area contributed by atoms with Gasteiger partial charge in [-0.2, -0.15) is 0 Å². The van der Waals surface area contributed by atoms with E-state index in [1.54, 1.807) is 19.2 Å². The van der Waals surface area contributed by atoms with Gasteiger partial charge in [0.05, 0.1) is 25.3 Å². The maximum Gasteiger partial charge on any atom is 0.305 e. The molecule has 5 rings (SSSR count). The van der Waals surface area contributed by atoms with Gasteiger partial charge in [0, 0.05) is 42.5 Å². The van der Waals surface area contributed by atoms with Gasteiger partial charge >= 0.3 is 5.97 Å². The number of carboxylic acid groups (broad SMARTS) is 1. The minimum absolute atomic E-state index is 0.184. The highest BCUT2D eigenvalue weighted by molar-refractivity contribution is 6.30. The largest absolute Gasteiger partial charge is 0.495 e. The molecular weight excluding hydrogens is 495 g/mol. The van der Waals surface area contributed by atoms with Crippen LogP contribution < -0.4 is 14.5 Å². The Morgan fingerprint density at radius 1 is 1.08 bits per heavy atom. The van der Waals surface area contributed by atoms with Crippen LogP contribution in [0.3, 0.4) is 0 Å². The second-order valence-electron chi connectivity index (χ2n) is 9.20. The van der Waals surface area contributed by atoms with Gasteiger partial charge < -0.3 is 24.5 Å². The van der Waals surface area contributed by atoms with Gasteiger partial charge in [0.25, 0.3) is 0 Å². The normalized spacial score (nSPS) is 17.4. The van der Waals surface area contributed by atoms with Crippen LogP contribution in [0.4, 0.5) is 21.5 Å². The van der Waals surface area contributed by atoms with Gasteiger partial charge in [0.15, 0.2) is 0 Å². The van der Waals surface area contributed by atoms with E-state index < -0.39 is 17.8 Å². The van der Waals surface area contributed by atoms with Crippen molar-refractivity contribution in [2.45, 2.75) is 19.4 Å². The molecule has 37 heavy (non-hydrogen) atoms. The summed E-state index contributed by atoms with van der Waals surface area (Å²) in [5.74, 6) is -0.354. The van der Waals surface area contributed by atoms with Crippen LogP contribution in [-0.2, 0) is 4.79 Å². The van der Waals surface area contributed by atoms with Crippen LogP contribution in [0, 0.1) is 12.7 Å². The van der Waals surface area contributed by atoms with Crippen LogP contribution in [-0.4, -0.2) is 55.2 Å². The number of ether oxygens (including phenoxy) is 1. The number of nitrogens with zero attached hydrogens (tertiary/aromatic N) is 4. The van der Waals surface area contributed by atoms with Crippen molar-refractivity contribution in [2.24, 2.45) is 4.99 Å². The first-order valence-electron chi connectivity index (χ1n) is 12.1. The lowest BCUT2D eigenvalue weighted by Crippen LogP contribution is -2.55. The third-order valence-corrected chi connectivity index (χ3v) is 7.05. The fourth-order valence-corrected chi connectivity index (χ4v) is 5.23. The summed E-state index contributed by atoms with van der Waals surface area (Å²) < 4.78 is 20.7. The highest BCUT2D eigenvalue weighted by Crippen LogP contribution is 2.44. The number of guanidine groups is 1. The van der Waals surface area contributed by atoms with Crippen LogP contribution >= 0.6 is 11.6 Å². The monoisotopic (exact) mass is 522 g/mol. The van der Waals surface area contributed by atoms with Gasteiger partial charge in [0.2, 0.25) is 5.96 Å². The summed E-state index contributed by atoms with van der Waals surface area (Å²) in [5.41, 5.74) is 3.44. The Morgan fingerprint density at radius 3 is 2.51 bits per heavy atom. The van der Waals surface area contributed by atoms with Gasteiger partial charge in [-0.1, -0.05) is 35.9 Å². The van der Waals surface area contributed by atoms with E-state index in [4.69, 9.17) is 21.3 Å². The minimum atomic E-state index is -0.983. The fraction of sp³-hybridized carbons (Fsp3) is 0.286. The number of carbonyl (C=O) groups is 1. The smallest absolute Gasteiger partial charge is 0.305 e. The van der Waals surface area contributed by atoms with Crippen molar-refractivity contribution >= 4 is 40.6 Å². The van der Waals surface area contributed by atoms with E-state index in [1.807, 2.05) is 54.3 Å². The Labute approximate surface area is 220 Å². The van der Waals surface area contributed by atoms with Crippen LogP contribution in [0.15, 0.2) is 65.7 Å². The molecule has 0 bridgehead atoms. The summed E-state index contributed by atoms with van der Waals surface area (Å²) in [6.07, 6.45) is -0.227. The molecule has 0 amide bonds. The lowest BCUT2D eigenvalue weighted by Gasteiger charge is -2.45. The zero-order valence-corrected chi connectivity index (χ0v) is 21.5. The number of piperazine rings is 1.